The van der Waals surface area contributed by atoms with Gasteiger partial charge < -0.3 is 51.0 Å². The van der Waals surface area contributed by atoms with Crippen molar-refractivity contribution >= 4 is 54.2 Å². The number of unbranched alkanes of at least 4 members (excludes halogenated alkanes) is 12. The molecule has 1 fully saturated rings. The van der Waals surface area contributed by atoms with E-state index in [0.29, 0.717) is 13.2 Å². The standard InChI is InChI=1S/C15H17F14NO4.C10H6F14O4.C9H16NO2S.C7H14NOS.C6H15NO.C4H8O.2Rf/c1-9(16,17)14(26,27)34-11(19,13(23,24)25)15(28,29)33-10(18,12(20,21)22)8(32)30-6-4-2-3-5-7-31;1-4(11,12)9(21,22)28-6(14,8(18,19)20)10(23,24)27-5(13,3(25)26-2)7(15,16)17;1-9(12)13-7-5-3-2-4-6-10-8-11;9-7-8-5-3-1-2-4-6-10;7-5-3-1-2-4-6-8;1-2-4-5-3-1;;/h31H,2-7H2,1H3,(H,30,32);1-2H3;2-7H2,1H3,(H,10,11);10H,1-6H2,(H,8,9);8H,1-7H2;1-4H2;;/q;;2*-1;;;;. The number of hydrogen-bond donors (Lipinski definition) is 7. The third-order valence-electron chi connectivity index (χ3n) is 11.2. The van der Waals surface area contributed by atoms with Crippen LogP contribution in [0.3, 0.4) is 0 Å². The summed E-state index contributed by atoms with van der Waals surface area (Å²) in [6.45, 7) is 3.09. The molecule has 1 rings (SSSR count). The second-order valence-corrected chi connectivity index (χ2v) is 21.4. The summed E-state index contributed by atoms with van der Waals surface area (Å²) in [6.07, 6.45) is -38.1. The molecule has 1 saturated heterocycles. The topological polar surface area (TPSA) is 243 Å². The van der Waals surface area contributed by atoms with Gasteiger partial charge in [0, 0.05) is 59.5 Å². The van der Waals surface area contributed by atoms with E-state index in [1.54, 1.807) is 24.5 Å². The van der Waals surface area contributed by atoms with Crippen molar-refractivity contribution in [1.29, 1.82) is 0 Å². The van der Waals surface area contributed by atoms with E-state index in [1.165, 1.54) is 43.9 Å². The van der Waals surface area contributed by atoms with E-state index in [9.17, 15) is 147 Å². The molecular weight excluding hydrogens is 2010 g/mol. The van der Waals surface area contributed by atoms with Crippen LogP contribution in [0.15, 0.2) is 0 Å². The van der Waals surface area contributed by atoms with E-state index in [-0.39, 0.29) is 44.5 Å². The van der Waals surface area contributed by atoms with Gasteiger partial charge in [-0.15, -0.1) is 0 Å². The summed E-state index contributed by atoms with van der Waals surface area (Å²) >= 11 is 5.47. The van der Waals surface area contributed by atoms with Gasteiger partial charge in [0.25, 0.3) is 5.91 Å². The van der Waals surface area contributed by atoms with Gasteiger partial charge in [-0.2, -0.15) is 148 Å². The fourth-order valence-electron chi connectivity index (χ4n) is 5.85. The average molecular weight is 2080 g/mol. The first-order chi connectivity index (χ1) is 44.4. The molecule has 7 N–H and O–H groups in total. The molecule has 0 saturated carbocycles. The van der Waals surface area contributed by atoms with Crippen LogP contribution in [0.5, 0.6) is 0 Å². The molecule has 4 atom stereocenters. The van der Waals surface area contributed by atoms with Gasteiger partial charge in [-0.3, -0.25) is 28.5 Å². The minimum absolute atomic E-state index is 0. The monoisotopic (exact) mass is 2080 g/mol. The van der Waals surface area contributed by atoms with Crippen molar-refractivity contribution < 1.29 is 186 Å². The molecule has 0 bridgehead atoms. The van der Waals surface area contributed by atoms with Crippen LogP contribution in [0.25, 0.3) is 0 Å². The maximum Gasteiger partial charge on any atom is 0.460 e. The molecule has 0 aromatic heterocycles. The Bertz CT molecular complexity index is 2170. The van der Waals surface area contributed by atoms with E-state index < -0.39 is 117 Å². The van der Waals surface area contributed by atoms with Crippen LogP contribution in [0.2, 0.25) is 0 Å². The molecule has 100 heavy (non-hydrogen) atoms. The van der Waals surface area contributed by atoms with Crippen LogP contribution in [-0.2, 0) is 52.4 Å². The van der Waals surface area contributed by atoms with Crippen molar-refractivity contribution in [2.24, 2.45) is 5.73 Å². The number of methoxy groups -OCH3 is 1. The fourth-order valence-corrected chi connectivity index (χ4v) is 6.71. The van der Waals surface area contributed by atoms with Crippen LogP contribution in [-0.4, -0.2) is 196 Å². The van der Waals surface area contributed by atoms with Crippen molar-refractivity contribution in [3.63, 3.8) is 0 Å². The molecule has 4 unspecified atom stereocenters. The van der Waals surface area contributed by atoms with Gasteiger partial charge in [-0.05, 0) is 89.6 Å². The van der Waals surface area contributed by atoms with Gasteiger partial charge in [0.05, 0.1) is 7.11 Å². The number of nitrogens with two attached hydrogens (primary N) is 1. The minimum atomic E-state index is -7.53. The van der Waals surface area contributed by atoms with Crippen LogP contribution >= 0.6 is 24.4 Å². The van der Waals surface area contributed by atoms with Crippen LogP contribution in [0, 0.1) is 0 Å². The Hall–Kier alpha value is -6.03. The second-order valence-electron chi connectivity index (χ2n) is 19.7. The molecule has 0 aliphatic carbocycles. The first kappa shape index (κ1) is 107. The van der Waals surface area contributed by atoms with Gasteiger partial charge in [0.1, 0.15) is 0 Å². The smallest absolute Gasteiger partial charge is 0.460 e. The number of aliphatic hydroxyl groups is 2. The molecule has 0 radical (unpaired) electrons. The largest absolute Gasteiger partial charge is 0.530 e. The molecule has 0 spiro atoms. The number of amides is 3. The van der Waals surface area contributed by atoms with Crippen LogP contribution < -0.4 is 21.7 Å². The SMILES string of the molecule is C1CCOC1.CC(=O)SCCCCCCN[C-]=O.CC(F)(F)C(F)(F)OC(F)(C(F)(F)F)C(F)(F)OC(F)(C(=O)NCCCCCCO)C(F)(F)F.COC(=O)C(F)(OC(F)(F)C(F)(OC(F)(F)C(C)(F)F)C(F)(F)F)C(F)(F)F.NCCCCCCO.O=[C-]NCCCCCCS.[Rf].[Rf]. The van der Waals surface area contributed by atoms with Crippen LogP contribution in [0.4, 0.5) is 123 Å². The van der Waals surface area contributed by atoms with E-state index in [2.05, 4.69) is 32.7 Å². The normalized spacial score (nSPS) is 15.5. The van der Waals surface area contributed by atoms with E-state index in [1.807, 2.05) is 9.47 Å². The predicted molar refractivity (Wildman–Crippen MR) is 292 cm³/mol. The summed E-state index contributed by atoms with van der Waals surface area (Å²) in [5.41, 5.74) is 5.25. The molecule has 17 nitrogen and oxygen atoms in total. The van der Waals surface area contributed by atoms with E-state index in [4.69, 9.17) is 20.7 Å². The van der Waals surface area contributed by atoms with E-state index in [0.717, 1.165) is 101 Å². The van der Waals surface area contributed by atoms with E-state index >= 15 is 0 Å². The molecule has 0 aromatic rings. The molecule has 592 valence electrons. The van der Waals surface area contributed by atoms with Crippen molar-refractivity contribution in [1.82, 2.24) is 16.0 Å². The van der Waals surface area contributed by atoms with Gasteiger partial charge in [0.15, 0.2) is 5.12 Å². The zero-order valence-corrected chi connectivity index (χ0v) is 68.1. The van der Waals surface area contributed by atoms with Gasteiger partial charge in [0.2, 0.25) is 0 Å². The molecule has 3 amide bonds. The number of thioether (sulfide) groups is 1. The summed E-state index contributed by atoms with van der Waals surface area (Å²) in [5, 5.41) is 23.1. The quantitative estimate of drug-likeness (QED) is 0.00753. The zero-order chi connectivity index (χ0) is 78.0. The summed E-state index contributed by atoms with van der Waals surface area (Å²) < 4.78 is 380. The number of alkyl halides is 28. The number of nitrogens with one attached hydrogen (secondary N) is 3. The maximum absolute atomic E-state index is 14.2. The summed E-state index contributed by atoms with van der Waals surface area (Å²) in [6, 6.07) is 0. The van der Waals surface area contributed by atoms with Crippen molar-refractivity contribution in [2.75, 3.05) is 71.2 Å². The molecule has 1 aliphatic rings. The number of carbonyl (C=O) groups is 3. The van der Waals surface area contributed by atoms with Crippen LogP contribution in [0.1, 0.15) is 136 Å². The third-order valence-corrected chi connectivity index (χ3v) is 12.4. The molecule has 49 heteroatoms. The fraction of sp³-hybridized carbons (Fsp3) is 0.902. The number of ether oxygens (including phenoxy) is 6. The first-order valence-electron chi connectivity index (χ1n) is 28.3. The molecular formula is C51H76F28N4O13Rf2S2-2. The number of hydrogen-bond acceptors (Lipinski definition) is 16. The minimum Gasteiger partial charge on any atom is -0.530 e. The Kier molecular flexibility index (Phi) is 52.4. The Morgan fingerprint density at radius 3 is 1.09 bits per heavy atom. The van der Waals surface area contributed by atoms with Gasteiger partial charge >= 0.3 is 90.4 Å². The van der Waals surface area contributed by atoms with Crippen molar-refractivity contribution in [3.05, 3.63) is 0 Å². The number of esters is 1. The molecule has 1 aliphatic heterocycles. The third kappa shape index (κ3) is 39.4. The summed E-state index contributed by atoms with van der Waals surface area (Å²) in [5.74, 6) is -44.5. The zero-order valence-electron chi connectivity index (χ0n) is 53.6. The average Bonchev–Trinajstić information content (AvgIpc) is 0.757. The molecule has 1 heterocycles. The maximum atomic E-state index is 14.2. The van der Waals surface area contributed by atoms with Gasteiger partial charge in [-0.1, -0.05) is 63.1 Å². The predicted octanol–water partition coefficient (Wildman–Crippen LogP) is 13.4. The number of carbonyl (C=O) groups excluding carboxylic acids is 5. The Balaban J connectivity index is -0.000000231. The Morgan fingerprint density at radius 1 is 0.480 bits per heavy atom. The Labute approximate surface area is 552 Å². The summed E-state index contributed by atoms with van der Waals surface area (Å²) in [7, 11) is -0.112. The second kappa shape index (κ2) is 48.8. The number of rotatable bonds is 40. The van der Waals surface area contributed by atoms with Crippen molar-refractivity contribution in [2.45, 2.75) is 221 Å². The number of thiol groups is 1. The number of halogens is 28. The summed E-state index contributed by atoms with van der Waals surface area (Å²) in [4.78, 5) is 52.1. The number of aliphatic hydroxyl groups excluding tert-OH is 2. The van der Waals surface area contributed by atoms with Crippen molar-refractivity contribution in [3.8, 4) is 0 Å². The molecule has 0 aromatic carbocycles. The Morgan fingerprint density at radius 2 is 0.810 bits per heavy atom. The van der Waals surface area contributed by atoms with Gasteiger partial charge in [-0.25, -0.2) is 4.79 Å². The first-order valence-corrected chi connectivity index (χ1v) is 29.9.